The Morgan fingerprint density at radius 2 is 1.96 bits per heavy atom. The van der Waals surface area contributed by atoms with Crippen molar-refractivity contribution in [3.05, 3.63) is 62.3 Å². The van der Waals surface area contributed by atoms with E-state index in [2.05, 4.69) is 15.3 Å². The summed E-state index contributed by atoms with van der Waals surface area (Å²) in [6.07, 6.45) is 0.611. The fourth-order valence-electron chi connectivity index (χ4n) is 2.43. The fraction of sp³-hybridized carbons (Fsp3) is 0.353. The van der Waals surface area contributed by atoms with Crippen molar-refractivity contribution in [2.45, 2.75) is 39.7 Å². The van der Waals surface area contributed by atoms with Gasteiger partial charge < -0.3 is 10.3 Å². The number of nitrogens with one attached hydrogen (secondary N) is 2. The number of hydrogen-bond acceptors (Lipinski definition) is 3. The van der Waals surface area contributed by atoms with Crippen molar-refractivity contribution in [2.75, 3.05) is 0 Å². The molecule has 0 spiro atoms. The summed E-state index contributed by atoms with van der Waals surface area (Å²) < 4.78 is 0. The van der Waals surface area contributed by atoms with Gasteiger partial charge in [-0.15, -0.1) is 0 Å². The monoisotopic (exact) mass is 333 g/mol. The maximum absolute atomic E-state index is 12.1. The van der Waals surface area contributed by atoms with E-state index >= 15 is 0 Å². The van der Waals surface area contributed by atoms with Gasteiger partial charge in [-0.05, 0) is 44.9 Å². The van der Waals surface area contributed by atoms with Crippen LogP contribution in [-0.2, 0) is 11.2 Å². The fourth-order valence-corrected chi connectivity index (χ4v) is 2.56. The second-order valence-electron chi connectivity index (χ2n) is 5.56. The molecule has 1 amide bonds. The third-order valence-electron chi connectivity index (χ3n) is 3.69. The van der Waals surface area contributed by atoms with E-state index in [1.165, 1.54) is 0 Å². The number of hydrogen-bond donors (Lipinski definition) is 2. The van der Waals surface area contributed by atoms with Crippen molar-refractivity contribution < 1.29 is 4.79 Å². The van der Waals surface area contributed by atoms with E-state index < -0.39 is 0 Å². The molecule has 0 fully saturated rings. The average molecular weight is 334 g/mol. The predicted octanol–water partition coefficient (Wildman–Crippen LogP) is 2.85. The van der Waals surface area contributed by atoms with Crippen LogP contribution in [0, 0.1) is 13.8 Å². The third-order valence-corrected chi connectivity index (χ3v) is 3.94. The first kappa shape index (κ1) is 17.2. The van der Waals surface area contributed by atoms with Gasteiger partial charge >= 0.3 is 0 Å². The maximum Gasteiger partial charge on any atom is 0.254 e. The van der Waals surface area contributed by atoms with Crippen LogP contribution in [0.4, 0.5) is 0 Å². The van der Waals surface area contributed by atoms with Crippen molar-refractivity contribution in [1.82, 2.24) is 15.3 Å². The minimum atomic E-state index is -0.173. The lowest BCUT2D eigenvalue weighted by Gasteiger charge is -2.14. The number of halogens is 1. The molecule has 23 heavy (non-hydrogen) atoms. The molecule has 6 heteroatoms. The summed E-state index contributed by atoms with van der Waals surface area (Å²) in [5.41, 5.74) is 2.04. The summed E-state index contributed by atoms with van der Waals surface area (Å²) in [5, 5.41) is 3.58. The van der Waals surface area contributed by atoms with Gasteiger partial charge in [0.2, 0.25) is 5.91 Å². The van der Waals surface area contributed by atoms with Gasteiger partial charge in [0.05, 0.1) is 6.04 Å². The molecule has 2 N–H and O–H groups in total. The molecular formula is C17H20ClN3O2. The molecular weight excluding hydrogens is 314 g/mol. The van der Waals surface area contributed by atoms with E-state index in [1.54, 1.807) is 26.0 Å². The van der Waals surface area contributed by atoms with Crippen molar-refractivity contribution in [2.24, 2.45) is 0 Å². The summed E-state index contributed by atoms with van der Waals surface area (Å²) in [7, 11) is 0. The minimum absolute atomic E-state index is 0.105. The van der Waals surface area contributed by atoms with Crippen LogP contribution >= 0.6 is 11.6 Å². The number of aromatic amines is 1. The lowest BCUT2D eigenvalue weighted by atomic mass is 10.1. The summed E-state index contributed by atoms with van der Waals surface area (Å²) in [4.78, 5) is 30.9. The third kappa shape index (κ3) is 4.66. The Labute approximate surface area is 140 Å². The van der Waals surface area contributed by atoms with Crippen LogP contribution in [-0.4, -0.2) is 15.9 Å². The van der Waals surface area contributed by atoms with Gasteiger partial charge in [-0.3, -0.25) is 9.59 Å². The number of aromatic nitrogens is 2. The zero-order chi connectivity index (χ0) is 17.0. The van der Waals surface area contributed by atoms with Crippen LogP contribution in [0.3, 0.4) is 0 Å². The Kier molecular flexibility index (Phi) is 5.55. The van der Waals surface area contributed by atoms with Crippen LogP contribution in [0.2, 0.25) is 5.02 Å². The van der Waals surface area contributed by atoms with E-state index in [1.807, 2.05) is 19.1 Å². The Bertz CT molecular complexity index is 753. The Balaban J connectivity index is 1.95. The van der Waals surface area contributed by atoms with Crippen LogP contribution in [0.15, 0.2) is 29.1 Å². The molecule has 0 saturated heterocycles. The maximum atomic E-state index is 12.1. The lowest BCUT2D eigenvalue weighted by Crippen LogP contribution is -2.28. The van der Waals surface area contributed by atoms with Gasteiger partial charge in [0.15, 0.2) is 0 Å². The van der Waals surface area contributed by atoms with Crippen LogP contribution < -0.4 is 10.9 Å². The number of benzene rings is 1. The van der Waals surface area contributed by atoms with Gasteiger partial charge in [-0.1, -0.05) is 23.7 Å². The largest absolute Gasteiger partial charge is 0.350 e. The molecule has 0 aliphatic heterocycles. The molecule has 0 aliphatic carbocycles. The standard InChI is InChI=1S/C17H20ClN3O2/c1-10(13-4-6-14(18)7-5-13)20-16(22)9-8-15-11(2)19-12(3)21-17(15)23/h4-7,10H,8-9H2,1-3H3,(H,20,22)(H,19,21,23). The first-order chi connectivity index (χ1) is 10.9. The van der Waals surface area contributed by atoms with E-state index in [-0.39, 0.29) is 23.9 Å². The number of carbonyl (C=O) groups is 1. The SMILES string of the molecule is Cc1nc(C)c(CCC(=O)NC(C)c2ccc(Cl)cc2)c(=O)[nH]1. The highest BCUT2D eigenvalue weighted by molar-refractivity contribution is 6.30. The molecule has 1 unspecified atom stereocenters. The molecule has 5 nitrogen and oxygen atoms in total. The van der Waals surface area contributed by atoms with Crippen molar-refractivity contribution >= 4 is 17.5 Å². The normalized spacial score (nSPS) is 12.0. The smallest absolute Gasteiger partial charge is 0.254 e. The average Bonchev–Trinajstić information content (AvgIpc) is 2.46. The molecule has 0 aliphatic rings. The molecule has 1 aromatic heterocycles. The number of aryl methyl sites for hydroxylation is 2. The second kappa shape index (κ2) is 7.42. The van der Waals surface area contributed by atoms with E-state index in [0.717, 1.165) is 5.56 Å². The van der Waals surface area contributed by atoms with Crippen molar-refractivity contribution in [3.8, 4) is 0 Å². The molecule has 122 valence electrons. The Morgan fingerprint density at radius 1 is 1.30 bits per heavy atom. The highest BCUT2D eigenvalue weighted by Gasteiger charge is 2.12. The molecule has 1 heterocycles. The van der Waals surface area contributed by atoms with Crippen molar-refractivity contribution in [3.63, 3.8) is 0 Å². The highest BCUT2D eigenvalue weighted by atomic mass is 35.5. The topological polar surface area (TPSA) is 74.8 Å². The lowest BCUT2D eigenvalue weighted by molar-refractivity contribution is -0.121. The Morgan fingerprint density at radius 3 is 2.57 bits per heavy atom. The van der Waals surface area contributed by atoms with E-state index in [9.17, 15) is 9.59 Å². The van der Waals surface area contributed by atoms with E-state index in [0.29, 0.717) is 28.5 Å². The van der Waals surface area contributed by atoms with Crippen molar-refractivity contribution in [1.29, 1.82) is 0 Å². The summed E-state index contributed by atoms with van der Waals surface area (Å²) in [5.74, 6) is 0.476. The van der Waals surface area contributed by atoms with Crippen LogP contribution in [0.5, 0.6) is 0 Å². The number of rotatable bonds is 5. The molecule has 0 saturated carbocycles. The second-order valence-corrected chi connectivity index (χ2v) is 5.99. The van der Waals surface area contributed by atoms with Crippen LogP contribution in [0.1, 0.15) is 42.0 Å². The minimum Gasteiger partial charge on any atom is -0.350 e. The number of amides is 1. The molecule has 0 bridgehead atoms. The zero-order valence-electron chi connectivity index (χ0n) is 13.4. The van der Waals surface area contributed by atoms with Crippen LogP contribution in [0.25, 0.3) is 0 Å². The first-order valence-electron chi connectivity index (χ1n) is 7.48. The molecule has 2 rings (SSSR count). The predicted molar refractivity (Wildman–Crippen MR) is 90.7 cm³/mol. The van der Waals surface area contributed by atoms with Gasteiger partial charge in [0, 0.05) is 22.7 Å². The highest BCUT2D eigenvalue weighted by Crippen LogP contribution is 2.16. The summed E-state index contributed by atoms with van der Waals surface area (Å²) in [6, 6.07) is 7.23. The number of carbonyl (C=O) groups excluding carboxylic acids is 1. The van der Waals surface area contributed by atoms with Gasteiger partial charge in [0.1, 0.15) is 5.82 Å². The zero-order valence-corrected chi connectivity index (χ0v) is 14.2. The quantitative estimate of drug-likeness (QED) is 0.883. The number of H-pyrrole nitrogens is 1. The van der Waals surface area contributed by atoms with Gasteiger partial charge in [-0.2, -0.15) is 0 Å². The number of nitrogens with zero attached hydrogens (tertiary/aromatic N) is 1. The van der Waals surface area contributed by atoms with Gasteiger partial charge in [-0.25, -0.2) is 4.98 Å². The molecule has 1 aromatic carbocycles. The Hall–Kier alpha value is -2.14. The van der Waals surface area contributed by atoms with E-state index in [4.69, 9.17) is 11.6 Å². The summed E-state index contributed by atoms with van der Waals surface area (Å²) in [6.45, 7) is 5.43. The van der Waals surface area contributed by atoms with Gasteiger partial charge in [0.25, 0.3) is 5.56 Å². The first-order valence-corrected chi connectivity index (χ1v) is 7.86. The summed E-state index contributed by atoms with van der Waals surface area (Å²) >= 11 is 5.85. The molecule has 0 radical (unpaired) electrons. The molecule has 1 atom stereocenters. The molecule has 2 aromatic rings.